The van der Waals surface area contributed by atoms with Crippen molar-refractivity contribution in [3.63, 3.8) is 0 Å². The minimum atomic E-state index is 0.886. The predicted octanol–water partition coefficient (Wildman–Crippen LogP) is 11.7. The summed E-state index contributed by atoms with van der Waals surface area (Å²) in [7, 11) is 0. The zero-order chi connectivity index (χ0) is 27.6. The highest BCUT2D eigenvalue weighted by atomic mass is 16.3. The lowest BCUT2D eigenvalue weighted by Gasteiger charge is -2.26. The molecule has 0 aliphatic heterocycles. The van der Waals surface area contributed by atoms with E-state index in [1.165, 1.54) is 43.1 Å². The topological polar surface area (TPSA) is 16.4 Å². The summed E-state index contributed by atoms with van der Waals surface area (Å²) < 4.78 is 6.47. The van der Waals surface area contributed by atoms with Crippen LogP contribution in [0.15, 0.2) is 156 Å². The Morgan fingerprint density at radius 1 is 0.310 bits per heavy atom. The Hall–Kier alpha value is -5.60. The van der Waals surface area contributed by atoms with E-state index in [0.717, 1.165) is 39.0 Å². The maximum absolute atomic E-state index is 6.47. The number of furan rings is 1. The van der Waals surface area contributed by atoms with Gasteiger partial charge in [0.2, 0.25) is 0 Å². The van der Waals surface area contributed by atoms with Gasteiger partial charge in [-0.05, 0) is 91.6 Å². The van der Waals surface area contributed by atoms with Crippen LogP contribution in [0.3, 0.4) is 0 Å². The normalized spacial score (nSPS) is 11.8. The number of nitrogens with zero attached hydrogens (tertiary/aromatic N) is 1. The van der Waals surface area contributed by atoms with E-state index in [1.807, 2.05) is 0 Å². The van der Waals surface area contributed by atoms with Gasteiger partial charge in [-0.1, -0.05) is 97.1 Å². The monoisotopic (exact) mass is 535 g/mol. The van der Waals surface area contributed by atoms with Crippen LogP contribution in [0.2, 0.25) is 0 Å². The van der Waals surface area contributed by atoms with Gasteiger partial charge in [0, 0.05) is 33.9 Å². The molecule has 9 aromatic rings. The average molecular weight is 536 g/mol. The van der Waals surface area contributed by atoms with Crippen LogP contribution in [0.1, 0.15) is 0 Å². The van der Waals surface area contributed by atoms with Gasteiger partial charge in [-0.3, -0.25) is 0 Å². The zero-order valence-corrected chi connectivity index (χ0v) is 22.8. The Labute approximate surface area is 242 Å². The Kier molecular flexibility index (Phi) is 4.93. The van der Waals surface area contributed by atoms with Crippen molar-refractivity contribution >= 4 is 82.1 Å². The van der Waals surface area contributed by atoms with Crippen molar-refractivity contribution < 1.29 is 4.42 Å². The average Bonchev–Trinajstić information content (AvgIpc) is 3.40. The number of fused-ring (bicyclic) bond motifs is 9. The Morgan fingerprint density at radius 2 is 0.881 bits per heavy atom. The fraction of sp³-hybridized carbons (Fsp3) is 0. The van der Waals surface area contributed by atoms with E-state index in [-0.39, 0.29) is 0 Å². The third kappa shape index (κ3) is 3.52. The molecule has 9 rings (SSSR count). The first kappa shape index (κ1) is 23.1. The first-order valence-electron chi connectivity index (χ1n) is 14.3. The Bertz CT molecular complexity index is 2470. The van der Waals surface area contributed by atoms with Gasteiger partial charge in [0.25, 0.3) is 0 Å². The lowest BCUT2D eigenvalue weighted by atomic mass is 9.96. The standard InChI is InChI=1S/C40H25NO/c1-2-11-30(12-3-1)41(32-18-21-36-38-22-28-9-4-5-10-29(28)23-39(38)42-40(36)25-32)31-17-14-27-16-19-34-33-13-7-6-8-26(33)15-20-35(34)37(27)24-31/h1-25H. The summed E-state index contributed by atoms with van der Waals surface area (Å²) in [5.41, 5.74) is 5.06. The minimum Gasteiger partial charge on any atom is -0.456 e. The molecule has 196 valence electrons. The third-order valence-electron chi connectivity index (χ3n) is 8.58. The van der Waals surface area contributed by atoms with Crippen LogP contribution in [0.5, 0.6) is 0 Å². The van der Waals surface area contributed by atoms with Crippen LogP contribution in [0.25, 0.3) is 65.0 Å². The van der Waals surface area contributed by atoms with E-state index in [9.17, 15) is 0 Å². The number of hydrogen-bond acceptors (Lipinski definition) is 2. The van der Waals surface area contributed by atoms with Crippen molar-refractivity contribution in [2.75, 3.05) is 4.90 Å². The van der Waals surface area contributed by atoms with Gasteiger partial charge in [-0.2, -0.15) is 0 Å². The second-order valence-electron chi connectivity index (χ2n) is 11.0. The first-order valence-corrected chi connectivity index (χ1v) is 14.3. The van der Waals surface area contributed by atoms with Gasteiger partial charge >= 0.3 is 0 Å². The largest absolute Gasteiger partial charge is 0.456 e. The van der Waals surface area contributed by atoms with Gasteiger partial charge in [0.1, 0.15) is 11.2 Å². The van der Waals surface area contributed by atoms with Crippen LogP contribution in [0, 0.1) is 0 Å². The molecule has 2 heteroatoms. The quantitative estimate of drug-likeness (QED) is 0.209. The first-order chi connectivity index (χ1) is 20.8. The van der Waals surface area contributed by atoms with Gasteiger partial charge in [-0.15, -0.1) is 0 Å². The van der Waals surface area contributed by atoms with E-state index in [1.54, 1.807) is 0 Å². The fourth-order valence-electron chi connectivity index (χ4n) is 6.56. The summed E-state index contributed by atoms with van der Waals surface area (Å²) in [6.45, 7) is 0. The molecule has 0 unspecified atom stereocenters. The second kappa shape index (κ2) is 8.95. The summed E-state index contributed by atoms with van der Waals surface area (Å²) in [6, 6.07) is 54.4. The smallest absolute Gasteiger partial charge is 0.137 e. The molecular formula is C40H25NO. The summed E-state index contributed by atoms with van der Waals surface area (Å²) in [6.07, 6.45) is 0. The highest BCUT2D eigenvalue weighted by molar-refractivity contribution is 6.18. The molecule has 42 heavy (non-hydrogen) atoms. The van der Waals surface area contributed by atoms with Crippen LogP contribution >= 0.6 is 0 Å². The van der Waals surface area contributed by atoms with E-state index in [2.05, 4.69) is 157 Å². The van der Waals surface area contributed by atoms with Crippen molar-refractivity contribution in [2.45, 2.75) is 0 Å². The van der Waals surface area contributed by atoms with Gasteiger partial charge < -0.3 is 9.32 Å². The number of para-hydroxylation sites is 1. The van der Waals surface area contributed by atoms with Crippen LogP contribution in [-0.4, -0.2) is 0 Å². The van der Waals surface area contributed by atoms with Crippen LogP contribution < -0.4 is 4.90 Å². The van der Waals surface area contributed by atoms with Crippen molar-refractivity contribution in [1.82, 2.24) is 0 Å². The van der Waals surface area contributed by atoms with E-state index >= 15 is 0 Å². The molecule has 1 heterocycles. The maximum Gasteiger partial charge on any atom is 0.137 e. The molecule has 0 amide bonds. The molecule has 0 fully saturated rings. The highest BCUT2D eigenvalue weighted by Gasteiger charge is 2.17. The second-order valence-corrected chi connectivity index (χ2v) is 11.0. The molecule has 2 nitrogen and oxygen atoms in total. The Morgan fingerprint density at radius 3 is 1.71 bits per heavy atom. The number of benzene rings is 8. The summed E-state index contributed by atoms with van der Waals surface area (Å²) in [5, 5.41) is 12.2. The van der Waals surface area contributed by atoms with Crippen molar-refractivity contribution in [1.29, 1.82) is 0 Å². The molecule has 1 aromatic heterocycles. The molecule has 0 spiro atoms. The summed E-state index contributed by atoms with van der Waals surface area (Å²) in [5.74, 6) is 0. The van der Waals surface area contributed by atoms with Crippen molar-refractivity contribution in [3.8, 4) is 0 Å². The third-order valence-corrected chi connectivity index (χ3v) is 8.58. The van der Waals surface area contributed by atoms with Crippen LogP contribution in [-0.2, 0) is 0 Å². The molecule has 0 radical (unpaired) electrons. The Balaban J connectivity index is 1.26. The highest BCUT2D eigenvalue weighted by Crippen LogP contribution is 2.41. The molecule has 0 aliphatic carbocycles. The van der Waals surface area contributed by atoms with Gasteiger partial charge in [0.05, 0.1) is 0 Å². The molecular weight excluding hydrogens is 510 g/mol. The zero-order valence-electron chi connectivity index (χ0n) is 22.8. The van der Waals surface area contributed by atoms with Crippen LogP contribution in [0.4, 0.5) is 17.1 Å². The maximum atomic E-state index is 6.47. The van der Waals surface area contributed by atoms with E-state index in [0.29, 0.717) is 0 Å². The lowest BCUT2D eigenvalue weighted by molar-refractivity contribution is 0.669. The molecule has 0 atom stereocenters. The number of anilines is 3. The van der Waals surface area contributed by atoms with Crippen molar-refractivity contribution in [2.24, 2.45) is 0 Å². The van der Waals surface area contributed by atoms with E-state index in [4.69, 9.17) is 4.42 Å². The minimum absolute atomic E-state index is 0.886. The number of hydrogen-bond donors (Lipinski definition) is 0. The van der Waals surface area contributed by atoms with Gasteiger partial charge in [-0.25, -0.2) is 0 Å². The van der Waals surface area contributed by atoms with Crippen molar-refractivity contribution in [3.05, 3.63) is 152 Å². The molecule has 0 N–H and O–H groups in total. The molecule has 0 aliphatic rings. The predicted molar refractivity (Wildman–Crippen MR) is 178 cm³/mol. The fourth-order valence-corrected chi connectivity index (χ4v) is 6.56. The number of rotatable bonds is 3. The summed E-state index contributed by atoms with van der Waals surface area (Å²) >= 11 is 0. The SMILES string of the molecule is c1ccc(N(c2ccc3c(c2)oc2cc4ccccc4cc23)c2ccc3ccc4c5ccccc5ccc4c3c2)cc1. The van der Waals surface area contributed by atoms with E-state index < -0.39 is 0 Å². The molecule has 0 bridgehead atoms. The lowest BCUT2D eigenvalue weighted by Crippen LogP contribution is -2.09. The molecule has 0 saturated carbocycles. The summed E-state index contributed by atoms with van der Waals surface area (Å²) in [4.78, 5) is 2.32. The molecule has 8 aromatic carbocycles. The van der Waals surface area contributed by atoms with Gasteiger partial charge in [0.15, 0.2) is 0 Å². The molecule has 0 saturated heterocycles.